The number of amides is 2. The summed E-state index contributed by atoms with van der Waals surface area (Å²) < 4.78 is 7.22. The molecule has 2 aromatic rings. The lowest BCUT2D eigenvalue weighted by molar-refractivity contribution is 0.0220. The molecule has 2 amide bonds. The number of hydrogen-bond donors (Lipinski definition) is 0. The molecule has 6 heteroatoms. The van der Waals surface area contributed by atoms with Crippen LogP contribution in [0.15, 0.2) is 24.3 Å². The quantitative estimate of drug-likeness (QED) is 0.736. The Kier molecular flexibility index (Phi) is 4.22. The van der Waals surface area contributed by atoms with Crippen LogP contribution in [0, 0.1) is 0 Å². The maximum absolute atomic E-state index is 12.8. The van der Waals surface area contributed by atoms with Crippen LogP contribution in [0.3, 0.4) is 0 Å². The van der Waals surface area contributed by atoms with Crippen LogP contribution < -0.4 is 0 Å². The van der Waals surface area contributed by atoms with Crippen molar-refractivity contribution < 1.29 is 14.3 Å². The van der Waals surface area contributed by atoms with Gasteiger partial charge in [-0.2, -0.15) is 0 Å². The summed E-state index contributed by atoms with van der Waals surface area (Å²) in [6.45, 7) is 6.52. The lowest BCUT2D eigenvalue weighted by atomic mass is 10.0. The van der Waals surface area contributed by atoms with Gasteiger partial charge in [-0.05, 0) is 38.8 Å². The Morgan fingerprint density at radius 2 is 1.84 bits per heavy atom. The molecule has 2 heterocycles. The fourth-order valence-corrected chi connectivity index (χ4v) is 3.21. The zero-order valence-corrected chi connectivity index (χ0v) is 15.5. The van der Waals surface area contributed by atoms with E-state index in [1.165, 1.54) is 0 Å². The van der Waals surface area contributed by atoms with Gasteiger partial charge in [-0.25, -0.2) is 9.59 Å². The Labute approximate surface area is 147 Å². The molecular weight excluding hydrogens is 318 g/mol. The molecule has 6 nitrogen and oxygen atoms in total. The third kappa shape index (κ3) is 3.21. The summed E-state index contributed by atoms with van der Waals surface area (Å²) in [5.41, 5.74) is 2.36. The van der Waals surface area contributed by atoms with Crippen LogP contribution in [0.25, 0.3) is 10.9 Å². The molecule has 1 aliphatic rings. The minimum absolute atomic E-state index is 0.108. The Balaban J connectivity index is 2.03. The molecule has 0 unspecified atom stereocenters. The Bertz CT molecular complexity index is 830. The Morgan fingerprint density at radius 3 is 2.48 bits per heavy atom. The van der Waals surface area contributed by atoms with E-state index < -0.39 is 5.60 Å². The third-order valence-corrected chi connectivity index (χ3v) is 4.29. The van der Waals surface area contributed by atoms with Crippen molar-refractivity contribution in [2.75, 3.05) is 20.6 Å². The normalized spacial score (nSPS) is 14.4. The highest BCUT2D eigenvalue weighted by Gasteiger charge is 2.31. The molecule has 134 valence electrons. The van der Waals surface area contributed by atoms with Crippen molar-refractivity contribution in [1.29, 1.82) is 0 Å². The molecule has 1 aromatic heterocycles. The summed E-state index contributed by atoms with van der Waals surface area (Å²) in [6, 6.07) is 7.79. The number of nitrogens with zero attached hydrogens (tertiary/aromatic N) is 3. The zero-order chi connectivity index (χ0) is 18.4. The first-order valence-electron chi connectivity index (χ1n) is 8.50. The topological polar surface area (TPSA) is 54.8 Å². The molecular formula is C19H25N3O3. The van der Waals surface area contributed by atoms with Crippen molar-refractivity contribution in [1.82, 2.24) is 14.4 Å². The van der Waals surface area contributed by atoms with E-state index in [-0.39, 0.29) is 12.1 Å². The minimum atomic E-state index is -0.538. The summed E-state index contributed by atoms with van der Waals surface area (Å²) in [6.07, 6.45) is 0.371. The van der Waals surface area contributed by atoms with Crippen LogP contribution >= 0.6 is 0 Å². The maximum atomic E-state index is 12.8. The van der Waals surface area contributed by atoms with E-state index in [4.69, 9.17) is 4.74 Å². The zero-order valence-electron chi connectivity index (χ0n) is 15.5. The molecule has 1 aliphatic heterocycles. The number of carbonyl (C=O) groups is 2. The van der Waals surface area contributed by atoms with Crippen molar-refractivity contribution in [3.63, 3.8) is 0 Å². The van der Waals surface area contributed by atoms with Gasteiger partial charge in [0.2, 0.25) is 0 Å². The van der Waals surface area contributed by atoms with Crippen molar-refractivity contribution in [2.24, 2.45) is 0 Å². The lowest BCUT2D eigenvalue weighted by Gasteiger charge is -2.31. The molecule has 0 fully saturated rings. The monoisotopic (exact) mass is 343 g/mol. The SMILES string of the molecule is CN(C)C(=O)n1c2c(c3ccccc31)CCN(C(=O)OC(C)(C)C)C2. The number of rotatable bonds is 0. The van der Waals surface area contributed by atoms with E-state index in [0.29, 0.717) is 19.5 Å². The van der Waals surface area contributed by atoms with Gasteiger partial charge in [0.15, 0.2) is 0 Å². The first-order chi connectivity index (χ1) is 11.7. The number of carbonyl (C=O) groups excluding carboxylic acids is 2. The number of ether oxygens (including phenoxy) is 1. The average Bonchev–Trinajstić information content (AvgIpc) is 2.86. The fraction of sp³-hybridized carbons (Fsp3) is 0.474. The van der Waals surface area contributed by atoms with E-state index in [1.807, 2.05) is 45.0 Å². The van der Waals surface area contributed by atoms with Gasteiger partial charge in [-0.3, -0.25) is 4.57 Å². The first-order valence-corrected chi connectivity index (χ1v) is 8.50. The maximum Gasteiger partial charge on any atom is 0.410 e. The van der Waals surface area contributed by atoms with Crippen LogP contribution in [0.5, 0.6) is 0 Å². The van der Waals surface area contributed by atoms with Gasteiger partial charge in [0, 0.05) is 26.0 Å². The number of para-hydroxylation sites is 1. The second kappa shape index (κ2) is 6.10. The van der Waals surface area contributed by atoms with Gasteiger partial charge in [0.1, 0.15) is 5.60 Å². The van der Waals surface area contributed by atoms with Crippen LogP contribution in [-0.4, -0.2) is 52.7 Å². The molecule has 0 saturated carbocycles. The molecule has 25 heavy (non-hydrogen) atoms. The van der Waals surface area contributed by atoms with E-state index in [2.05, 4.69) is 0 Å². The van der Waals surface area contributed by atoms with Gasteiger partial charge in [0.25, 0.3) is 0 Å². The largest absolute Gasteiger partial charge is 0.444 e. The second-order valence-electron chi connectivity index (χ2n) is 7.61. The standard InChI is InChI=1S/C19H25N3O3/c1-19(2,3)25-18(24)21-11-10-14-13-8-6-7-9-15(13)22(16(14)12-21)17(23)20(4)5/h6-9H,10-12H2,1-5H3. The van der Waals surface area contributed by atoms with Crippen LogP contribution in [0.1, 0.15) is 32.0 Å². The second-order valence-corrected chi connectivity index (χ2v) is 7.61. The first kappa shape index (κ1) is 17.3. The molecule has 0 bridgehead atoms. The number of fused-ring (bicyclic) bond motifs is 3. The van der Waals surface area contributed by atoms with Crippen molar-refractivity contribution in [3.05, 3.63) is 35.5 Å². The number of benzene rings is 1. The Hall–Kier alpha value is -2.50. The molecule has 0 atom stereocenters. The van der Waals surface area contributed by atoms with Crippen LogP contribution in [0.2, 0.25) is 0 Å². The Morgan fingerprint density at radius 1 is 1.16 bits per heavy atom. The minimum Gasteiger partial charge on any atom is -0.444 e. The summed E-state index contributed by atoms with van der Waals surface area (Å²) in [5, 5.41) is 1.08. The summed E-state index contributed by atoms with van der Waals surface area (Å²) >= 11 is 0. The van der Waals surface area contributed by atoms with Gasteiger partial charge >= 0.3 is 12.1 Å². The van der Waals surface area contributed by atoms with Crippen molar-refractivity contribution in [2.45, 2.75) is 39.3 Å². The molecule has 3 rings (SSSR count). The summed E-state index contributed by atoms with van der Waals surface area (Å²) in [4.78, 5) is 28.4. The fourth-order valence-electron chi connectivity index (χ4n) is 3.21. The predicted molar refractivity (Wildman–Crippen MR) is 96.8 cm³/mol. The van der Waals surface area contributed by atoms with E-state index in [9.17, 15) is 9.59 Å². The molecule has 0 N–H and O–H groups in total. The molecule has 1 aromatic carbocycles. The smallest absolute Gasteiger partial charge is 0.410 e. The van der Waals surface area contributed by atoms with Crippen LogP contribution in [0.4, 0.5) is 9.59 Å². The highest BCUT2D eigenvalue weighted by atomic mass is 16.6. The average molecular weight is 343 g/mol. The lowest BCUT2D eigenvalue weighted by Crippen LogP contribution is -2.41. The van der Waals surface area contributed by atoms with Gasteiger partial charge in [-0.1, -0.05) is 18.2 Å². The van der Waals surface area contributed by atoms with Crippen LogP contribution in [-0.2, 0) is 17.7 Å². The predicted octanol–water partition coefficient (Wildman–Crippen LogP) is 3.46. The third-order valence-electron chi connectivity index (χ3n) is 4.29. The van der Waals surface area contributed by atoms with Crippen molar-refractivity contribution >= 4 is 23.0 Å². The molecule has 0 aliphatic carbocycles. The van der Waals surface area contributed by atoms with Gasteiger partial charge in [0.05, 0.1) is 17.8 Å². The number of hydrogen-bond acceptors (Lipinski definition) is 3. The van der Waals surface area contributed by atoms with E-state index >= 15 is 0 Å². The molecule has 0 saturated heterocycles. The van der Waals surface area contributed by atoms with Gasteiger partial charge < -0.3 is 14.5 Å². The summed E-state index contributed by atoms with van der Waals surface area (Å²) in [7, 11) is 3.47. The van der Waals surface area contributed by atoms with E-state index in [1.54, 1.807) is 28.5 Å². The number of aromatic nitrogens is 1. The molecule has 0 spiro atoms. The summed E-state index contributed by atoms with van der Waals surface area (Å²) in [5.74, 6) is 0. The molecule has 0 radical (unpaired) electrons. The van der Waals surface area contributed by atoms with Gasteiger partial charge in [-0.15, -0.1) is 0 Å². The van der Waals surface area contributed by atoms with E-state index in [0.717, 1.165) is 22.2 Å². The highest BCUT2D eigenvalue weighted by molar-refractivity contribution is 5.95. The highest BCUT2D eigenvalue weighted by Crippen LogP contribution is 2.31. The van der Waals surface area contributed by atoms with Crippen molar-refractivity contribution in [3.8, 4) is 0 Å².